The second-order valence-corrected chi connectivity index (χ2v) is 10.6. The molecule has 0 amide bonds. The van der Waals surface area contributed by atoms with Gasteiger partial charge in [-0.2, -0.15) is 0 Å². The Hall–Kier alpha value is -2.55. The van der Waals surface area contributed by atoms with Crippen LogP contribution in [0.5, 0.6) is 0 Å². The zero-order chi connectivity index (χ0) is 27.8. The van der Waals surface area contributed by atoms with Crippen LogP contribution in [0.25, 0.3) is 0 Å². The molecule has 208 valence electrons. The van der Waals surface area contributed by atoms with Crippen molar-refractivity contribution in [3.05, 3.63) is 48.6 Å². The smallest absolute Gasteiger partial charge is 0.307 e. The Morgan fingerprint density at radius 1 is 1.11 bits per heavy atom. The number of carbonyl (C=O) groups excluding carboxylic acids is 2. The lowest BCUT2D eigenvalue weighted by molar-refractivity contribution is -0.873. The standard InChI is InChI=1S/C29H45NO7/c1-5-6-11-15-24-25(27(33)20-26(24)32)18-17-22(31)14-12-9-7-8-10-13-16-29(36)37-23(19-28(34)35)21-30(2,3)4/h6,8-12,17-18,22-26,31-32H,5,7,13-16,19-21H2,1-4H3/p+1/b10-8+,11-6+,12-9+,18-17+. The van der Waals surface area contributed by atoms with Gasteiger partial charge in [-0.1, -0.05) is 55.5 Å². The van der Waals surface area contributed by atoms with Crippen molar-refractivity contribution in [2.45, 2.75) is 76.6 Å². The van der Waals surface area contributed by atoms with E-state index in [1.54, 1.807) is 12.2 Å². The Morgan fingerprint density at radius 3 is 2.46 bits per heavy atom. The molecule has 0 aromatic heterocycles. The first-order valence-corrected chi connectivity index (χ1v) is 13.2. The van der Waals surface area contributed by atoms with Gasteiger partial charge in [0.25, 0.3) is 0 Å². The molecule has 8 heteroatoms. The number of carbonyl (C=O) groups is 3. The number of allylic oxidation sites excluding steroid dienone is 6. The Kier molecular flexibility index (Phi) is 15.0. The van der Waals surface area contributed by atoms with Gasteiger partial charge in [0.2, 0.25) is 0 Å². The highest BCUT2D eigenvalue weighted by Gasteiger charge is 2.39. The summed E-state index contributed by atoms with van der Waals surface area (Å²) in [6, 6.07) is 0. The number of nitrogens with zero attached hydrogens (tertiary/aromatic N) is 1. The molecule has 8 nitrogen and oxygen atoms in total. The van der Waals surface area contributed by atoms with Crippen LogP contribution in [0.2, 0.25) is 0 Å². The SMILES string of the molecule is CC/C=C/CC1C(O)CC(=O)C1/C=C/C(O)C/C=C/C/C=C/CCC(=O)OC(CC(=O)O)C[N+](C)(C)C. The number of rotatable bonds is 17. The summed E-state index contributed by atoms with van der Waals surface area (Å²) in [7, 11) is 5.75. The van der Waals surface area contributed by atoms with Crippen LogP contribution >= 0.6 is 0 Å². The summed E-state index contributed by atoms with van der Waals surface area (Å²) in [5.41, 5.74) is 0. The number of carboxylic acid groups (broad SMARTS) is 1. The van der Waals surface area contributed by atoms with E-state index in [0.29, 0.717) is 36.7 Å². The Morgan fingerprint density at radius 2 is 1.81 bits per heavy atom. The second-order valence-electron chi connectivity index (χ2n) is 10.6. The van der Waals surface area contributed by atoms with E-state index in [2.05, 4.69) is 0 Å². The number of quaternary nitrogens is 1. The molecule has 37 heavy (non-hydrogen) atoms. The minimum Gasteiger partial charge on any atom is -0.481 e. The van der Waals surface area contributed by atoms with E-state index in [-0.39, 0.29) is 36.9 Å². The van der Waals surface area contributed by atoms with Gasteiger partial charge < -0.3 is 24.5 Å². The fraction of sp³-hybridized carbons (Fsp3) is 0.621. The van der Waals surface area contributed by atoms with Crippen molar-refractivity contribution in [2.24, 2.45) is 11.8 Å². The first kappa shape index (κ1) is 32.5. The maximum atomic E-state index is 12.2. The summed E-state index contributed by atoms with van der Waals surface area (Å²) in [4.78, 5) is 35.3. The van der Waals surface area contributed by atoms with Gasteiger partial charge in [-0.05, 0) is 32.1 Å². The number of carboxylic acids is 1. The second kappa shape index (κ2) is 17.1. The Labute approximate surface area is 221 Å². The fourth-order valence-corrected chi connectivity index (χ4v) is 4.29. The molecule has 1 aliphatic rings. The summed E-state index contributed by atoms with van der Waals surface area (Å²) < 4.78 is 5.86. The molecule has 5 unspecified atom stereocenters. The number of hydrogen-bond donors (Lipinski definition) is 3. The van der Waals surface area contributed by atoms with Gasteiger partial charge in [-0.3, -0.25) is 14.4 Å². The number of ketones is 1. The van der Waals surface area contributed by atoms with Crippen LogP contribution in [0.3, 0.4) is 0 Å². The number of esters is 1. The van der Waals surface area contributed by atoms with Gasteiger partial charge in [0, 0.05) is 24.7 Å². The highest BCUT2D eigenvalue weighted by atomic mass is 16.5. The summed E-state index contributed by atoms with van der Waals surface area (Å²) in [5.74, 6) is -1.89. The predicted octanol–water partition coefficient (Wildman–Crippen LogP) is 3.59. The topological polar surface area (TPSA) is 121 Å². The van der Waals surface area contributed by atoms with Gasteiger partial charge in [0.1, 0.15) is 12.3 Å². The molecule has 3 N–H and O–H groups in total. The third-order valence-corrected chi connectivity index (χ3v) is 6.04. The van der Waals surface area contributed by atoms with Crippen molar-refractivity contribution in [3.8, 4) is 0 Å². The van der Waals surface area contributed by atoms with E-state index in [0.717, 1.165) is 6.42 Å². The van der Waals surface area contributed by atoms with Gasteiger partial charge >= 0.3 is 11.9 Å². The molecule has 1 rings (SSSR count). The van der Waals surface area contributed by atoms with Crippen molar-refractivity contribution in [1.82, 2.24) is 0 Å². The van der Waals surface area contributed by atoms with Crippen molar-refractivity contribution in [3.63, 3.8) is 0 Å². The Balaban J connectivity index is 2.36. The summed E-state index contributed by atoms with van der Waals surface area (Å²) in [5, 5.41) is 29.4. The van der Waals surface area contributed by atoms with Crippen LogP contribution in [0, 0.1) is 11.8 Å². The maximum absolute atomic E-state index is 12.2. The van der Waals surface area contributed by atoms with Gasteiger partial charge in [-0.15, -0.1) is 0 Å². The van der Waals surface area contributed by atoms with Crippen molar-refractivity contribution in [1.29, 1.82) is 0 Å². The van der Waals surface area contributed by atoms with Crippen LogP contribution in [0.4, 0.5) is 0 Å². The zero-order valence-corrected chi connectivity index (χ0v) is 22.8. The van der Waals surface area contributed by atoms with Crippen LogP contribution < -0.4 is 0 Å². The molecule has 1 fully saturated rings. The quantitative estimate of drug-likeness (QED) is 0.152. The minimum absolute atomic E-state index is 0.0150. The highest BCUT2D eigenvalue weighted by Crippen LogP contribution is 2.33. The highest BCUT2D eigenvalue weighted by molar-refractivity contribution is 5.86. The average Bonchev–Trinajstić information content (AvgIpc) is 3.04. The van der Waals surface area contributed by atoms with E-state index >= 15 is 0 Å². The van der Waals surface area contributed by atoms with Crippen LogP contribution in [-0.2, 0) is 19.1 Å². The number of aliphatic carboxylic acids is 1. The number of hydrogen-bond acceptors (Lipinski definition) is 6. The number of aliphatic hydroxyl groups is 2. The molecule has 0 aromatic carbocycles. The normalized spacial score (nSPS) is 22.5. The maximum Gasteiger partial charge on any atom is 0.307 e. The third-order valence-electron chi connectivity index (χ3n) is 6.04. The number of likely N-dealkylation sites (N-methyl/N-ethyl adjacent to an activating group) is 1. The molecule has 0 heterocycles. The lowest BCUT2D eigenvalue weighted by Crippen LogP contribution is -2.43. The van der Waals surface area contributed by atoms with E-state index in [1.165, 1.54) is 0 Å². The van der Waals surface area contributed by atoms with Gasteiger partial charge in [0.15, 0.2) is 6.10 Å². The molecule has 0 aliphatic heterocycles. The van der Waals surface area contributed by atoms with Gasteiger partial charge in [0.05, 0.1) is 39.8 Å². The molecule has 0 radical (unpaired) electrons. The molecule has 0 spiro atoms. The fourth-order valence-electron chi connectivity index (χ4n) is 4.29. The summed E-state index contributed by atoms with van der Waals surface area (Å²) in [6.07, 6.45) is 16.2. The third kappa shape index (κ3) is 14.7. The molecular formula is C29H46NO7+. The van der Waals surface area contributed by atoms with E-state index < -0.39 is 30.3 Å². The molecule has 0 aromatic rings. The average molecular weight is 521 g/mol. The molecular weight excluding hydrogens is 474 g/mol. The Bertz CT molecular complexity index is 838. The summed E-state index contributed by atoms with van der Waals surface area (Å²) in [6.45, 7) is 2.46. The van der Waals surface area contributed by atoms with E-state index in [4.69, 9.17) is 9.84 Å². The summed E-state index contributed by atoms with van der Waals surface area (Å²) >= 11 is 0. The molecule has 0 saturated heterocycles. The number of ether oxygens (including phenoxy) is 1. The molecule has 0 bridgehead atoms. The zero-order valence-electron chi connectivity index (χ0n) is 22.8. The van der Waals surface area contributed by atoms with E-state index in [9.17, 15) is 24.6 Å². The van der Waals surface area contributed by atoms with E-state index in [1.807, 2.05) is 64.5 Å². The van der Waals surface area contributed by atoms with Crippen LogP contribution in [0.15, 0.2) is 48.6 Å². The number of aliphatic hydroxyl groups excluding tert-OH is 2. The molecule has 5 atom stereocenters. The van der Waals surface area contributed by atoms with Crippen LogP contribution in [0.1, 0.15) is 58.3 Å². The largest absolute Gasteiger partial charge is 0.481 e. The first-order valence-electron chi connectivity index (χ1n) is 13.2. The number of Topliss-reactive ketones (excluding diaryl/α,β-unsaturated/α-hetero) is 1. The monoisotopic (exact) mass is 520 g/mol. The minimum atomic E-state index is -0.992. The van der Waals surface area contributed by atoms with Crippen LogP contribution in [-0.4, -0.2) is 83.5 Å². The molecule has 1 aliphatic carbocycles. The lowest BCUT2D eigenvalue weighted by Gasteiger charge is -2.28. The first-order chi connectivity index (χ1) is 17.4. The predicted molar refractivity (Wildman–Crippen MR) is 144 cm³/mol. The lowest BCUT2D eigenvalue weighted by atomic mass is 9.90. The molecule has 1 saturated carbocycles. The van der Waals surface area contributed by atoms with Crippen molar-refractivity contribution < 1.29 is 38.9 Å². The van der Waals surface area contributed by atoms with Crippen molar-refractivity contribution >= 4 is 17.7 Å². The van der Waals surface area contributed by atoms with Gasteiger partial charge in [-0.25, -0.2) is 0 Å². The van der Waals surface area contributed by atoms with Crippen molar-refractivity contribution in [2.75, 3.05) is 27.7 Å².